The zero-order chi connectivity index (χ0) is 33.7. The first-order valence-corrected chi connectivity index (χ1v) is 17.4. The molecule has 0 saturated carbocycles. The Labute approximate surface area is 339 Å². The van der Waals surface area contributed by atoms with Crippen molar-refractivity contribution in [3.8, 4) is 44.5 Å². The molecule has 9 rings (SSSR count). The van der Waals surface area contributed by atoms with Gasteiger partial charge in [0.1, 0.15) is 0 Å². The molecule has 53 heavy (non-hydrogen) atoms. The Balaban J connectivity index is 0.00000140. The second-order valence-corrected chi connectivity index (χ2v) is 13.8. The Morgan fingerprint density at radius 2 is 0.811 bits per heavy atom. The second-order valence-electron chi connectivity index (χ2n) is 13.8. The molecule has 8 aromatic rings. The van der Waals surface area contributed by atoms with Crippen molar-refractivity contribution >= 4 is 27.8 Å². The minimum atomic E-state index is -0.165. The fourth-order valence-electron chi connectivity index (χ4n) is 7.82. The molecule has 0 heterocycles. The summed E-state index contributed by atoms with van der Waals surface area (Å²) in [6.45, 7) is 4.75. The van der Waals surface area contributed by atoms with Gasteiger partial charge in [0.25, 0.3) is 0 Å². The van der Waals surface area contributed by atoms with Crippen molar-refractivity contribution in [1.82, 2.24) is 0 Å². The van der Waals surface area contributed by atoms with Gasteiger partial charge in [0.05, 0.1) is 0 Å². The Morgan fingerprint density at radius 1 is 0.377 bits per heavy atom. The van der Waals surface area contributed by atoms with Gasteiger partial charge in [-0.05, 0) is 109 Å². The van der Waals surface area contributed by atoms with Crippen LogP contribution in [0.4, 0.5) is 17.1 Å². The van der Waals surface area contributed by atoms with E-state index < -0.39 is 0 Å². The molecule has 0 amide bonds. The summed E-state index contributed by atoms with van der Waals surface area (Å²) in [5.74, 6) is 0. The van der Waals surface area contributed by atoms with E-state index in [-0.39, 0.29) is 51.4 Å². The quantitative estimate of drug-likeness (QED) is 0.153. The molecule has 8 aromatic carbocycles. The molecule has 1 aliphatic carbocycles. The predicted molar refractivity (Wildman–Crippen MR) is 221 cm³/mol. The van der Waals surface area contributed by atoms with Gasteiger partial charge in [-0.2, -0.15) is 0 Å². The summed E-state index contributed by atoms with van der Waals surface area (Å²) >= 11 is 0. The summed E-state index contributed by atoms with van der Waals surface area (Å²) in [6, 6.07) is 68.5. The van der Waals surface area contributed by atoms with E-state index in [1.807, 2.05) is 0 Å². The first-order valence-electron chi connectivity index (χ1n) is 17.4. The van der Waals surface area contributed by atoms with Crippen LogP contribution in [0.2, 0.25) is 0 Å². The average molecular weight is 759 g/mol. The number of anilines is 3. The second kappa shape index (κ2) is 15.5. The Morgan fingerprint density at radius 3 is 1.40 bits per heavy atom. The predicted octanol–water partition coefficient (Wildman–Crippen LogP) is 14.3. The molecule has 2 radical (unpaired) electrons. The van der Waals surface area contributed by atoms with Crippen LogP contribution in [-0.2, 0) is 42.5 Å². The maximum Gasteiger partial charge on any atom is 0.0465 e. The molecule has 0 aliphatic heterocycles. The number of benzene rings is 8. The van der Waals surface area contributed by atoms with Gasteiger partial charge >= 0.3 is 0 Å². The summed E-state index contributed by atoms with van der Waals surface area (Å²) in [5.41, 5.74) is 16.0. The van der Waals surface area contributed by atoms with E-state index in [0.29, 0.717) is 0 Å². The Hall–Kier alpha value is -5.01. The minimum Gasteiger partial charge on any atom is -0.358 e. The normalized spacial score (nSPS) is 12.0. The van der Waals surface area contributed by atoms with Crippen molar-refractivity contribution in [1.29, 1.82) is 0 Å². The maximum absolute atomic E-state index is 2.43. The van der Waals surface area contributed by atoms with Crippen LogP contribution in [0.5, 0.6) is 0 Å². The van der Waals surface area contributed by atoms with Crippen molar-refractivity contribution < 1.29 is 38.5 Å². The molecule has 0 aromatic heterocycles. The number of hydrogen-bond donors (Lipinski definition) is 0. The van der Waals surface area contributed by atoms with Crippen molar-refractivity contribution in [3.63, 3.8) is 0 Å². The van der Waals surface area contributed by atoms with E-state index >= 15 is 0 Å². The molecule has 0 spiro atoms. The van der Waals surface area contributed by atoms with Gasteiger partial charge in [0, 0.05) is 61.0 Å². The van der Waals surface area contributed by atoms with Gasteiger partial charge in [0.2, 0.25) is 0 Å². The third-order valence-electron chi connectivity index (χ3n) is 10.5. The molecule has 1 aliphatic rings. The van der Waals surface area contributed by atoms with E-state index in [0.717, 1.165) is 17.1 Å². The monoisotopic (exact) mass is 758 g/mol. The Kier molecular flexibility index (Phi) is 11.1. The number of hydrogen-bond acceptors (Lipinski definition) is 1. The molecular weight excluding hydrogens is 716 g/mol. The smallest absolute Gasteiger partial charge is 0.0465 e. The standard InChI is InChI=1S/C49H37N.CH3.2V.H2/c1-49(2)47-32-39(44-19-11-17-38-16-9-10-18-43(38)44)24-30-45(47)46-31-29-42(33-48(46)49)50(40-25-20-36(21-26-40)34-12-5-3-6-13-34)41-27-22-37(23-28-41)35-14-7-4-8-15-35;;;;/h3-33H,1-2H3;1H3;;;1H/q;-1;;;. The van der Waals surface area contributed by atoms with Gasteiger partial charge in [-0.3, -0.25) is 0 Å². The molecule has 0 unspecified atom stereocenters. The summed E-state index contributed by atoms with van der Waals surface area (Å²) in [6.07, 6.45) is 0. The van der Waals surface area contributed by atoms with Crippen molar-refractivity contribution in [2.45, 2.75) is 19.3 Å². The van der Waals surface area contributed by atoms with Gasteiger partial charge < -0.3 is 12.3 Å². The zero-order valence-electron chi connectivity index (χ0n) is 30.2. The number of fused-ring (bicyclic) bond motifs is 4. The van der Waals surface area contributed by atoms with Crippen LogP contribution in [0, 0.1) is 7.43 Å². The van der Waals surface area contributed by atoms with Crippen LogP contribution in [-0.4, -0.2) is 0 Å². The van der Waals surface area contributed by atoms with Crippen LogP contribution in [0.3, 0.4) is 0 Å². The topological polar surface area (TPSA) is 3.24 Å². The third kappa shape index (κ3) is 6.83. The van der Waals surface area contributed by atoms with Crippen molar-refractivity contribution in [3.05, 3.63) is 207 Å². The van der Waals surface area contributed by atoms with Crippen LogP contribution in [0.25, 0.3) is 55.3 Å². The van der Waals surface area contributed by atoms with Crippen molar-refractivity contribution in [2.24, 2.45) is 0 Å². The van der Waals surface area contributed by atoms with Crippen LogP contribution < -0.4 is 4.90 Å². The van der Waals surface area contributed by atoms with Gasteiger partial charge in [-0.25, -0.2) is 0 Å². The molecule has 0 bridgehead atoms. The summed E-state index contributed by atoms with van der Waals surface area (Å²) in [5, 5.41) is 2.56. The molecular formula is C50H42NV2-. The van der Waals surface area contributed by atoms with Crippen LogP contribution >= 0.6 is 0 Å². The summed E-state index contributed by atoms with van der Waals surface area (Å²) in [4.78, 5) is 2.39. The summed E-state index contributed by atoms with van der Waals surface area (Å²) < 4.78 is 0. The first-order chi connectivity index (χ1) is 24.5. The van der Waals surface area contributed by atoms with E-state index in [1.165, 1.54) is 66.4 Å². The molecule has 1 nitrogen and oxygen atoms in total. The van der Waals surface area contributed by atoms with E-state index in [2.05, 4.69) is 207 Å². The third-order valence-corrected chi connectivity index (χ3v) is 10.5. The molecule has 0 fully saturated rings. The van der Waals surface area contributed by atoms with Gasteiger partial charge in [-0.15, -0.1) is 0 Å². The molecule has 258 valence electrons. The fraction of sp³-hybridized carbons (Fsp3) is 0.0600. The maximum atomic E-state index is 2.43. The molecule has 0 N–H and O–H groups in total. The van der Waals surface area contributed by atoms with E-state index in [4.69, 9.17) is 0 Å². The number of rotatable bonds is 6. The van der Waals surface area contributed by atoms with Crippen molar-refractivity contribution in [2.75, 3.05) is 4.90 Å². The molecule has 0 saturated heterocycles. The minimum absolute atomic E-state index is 0. The van der Waals surface area contributed by atoms with Gasteiger partial charge in [0.15, 0.2) is 0 Å². The summed E-state index contributed by atoms with van der Waals surface area (Å²) in [7, 11) is 0. The van der Waals surface area contributed by atoms with Crippen LogP contribution in [0.1, 0.15) is 26.4 Å². The Bertz CT molecular complexity index is 2410. The average Bonchev–Trinajstić information content (AvgIpc) is 3.41. The van der Waals surface area contributed by atoms with Gasteiger partial charge in [-0.1, -0.05) is 159 Å². The number of nitrogens with zero attached hydrogens (tertiary/aromatic N) is 1. The zero-order valence-corrected chi connectivity index (χ0v) is 33.0. The molecule has 3 heteroatoms. The first kappa shape index (κ1) is 37.7. The largest absolute Gasteiger partial charge is 0.358 e. The van der Waals surface area contributed by atoms with E-state index in [9.17, 15) is 0 Å². The SMILES string of the molecule is CC1(C)c2cc(-c3cccc4ccccc34)ccc2-c2ccc(N(c3ccc(-c4ccccc4)cc3)c3ccc(-c4ccccc4)cc3)cc21.[CH3-].[HH].[V].[V]. The fourth-order valence-corrected chi connectivity index (χ4v) is 7.82. The molecule has 0 atom stereocenters. The van der Waals surface area contributed by atoms with Crippen LogP contribution in [0.15, 0.2) is 188 Å². The van der Waals surface area contributed by atoms with E-state index in [1.54, 1.807) is 0 Å².